The summed E-state index contributed by atoms with van der Waals surface area (Å²) in [7, 11) is 0. The monoisotopic (exact) mass is 257 g/mol. The van der Waals surface area contributed by atoms with Gasteiger partial charge in [-0.3, -0.25) is 0 Å². The van der Waals surface area contributed by atoms with Gasteiger partial charge in [0.25, 0.3) is 0 Å². The number of ether oxygens (including phenoxy) is 1. The maximum absolute atomic E-state index is 6.03. The third kappa shape index (κ3) is 2.15. The summed E-state index contributed by atoms with van der Waals surface area (Å²) in [5.41, 5.74) is 0.580. The van der Waals surface area contributed by atoms with Crippen molar-refractivity contribution >= 4 is 23.2 Å². The fraction of sp³-hybridized carbons (Fsp3) is 0.182. The van der Waals surface area contributed by atoms with E-state index in [0.717, 1.165) is 0 Å². The van der Waals surface area contributed by atoms with Crippen LogP contribution in [-0.4, -0.2) is 11.6 Å². The van der Waals surface area contributed by atoms with Crippen LogP contribution in [0.3, 0.4) is 0 Å². The molecule has 2 aromatic rings. The Balaban J connectivity index is 2.42. The lowest BCUT2D eigenvalue weighted by atomic mass is 10.2. The molecule has 3 nitrogen and oxygen atoms in total. The maximum Gasteiger partial charge on any atom is 0.305 e. The van der Waals surface area contributed by atoms with Crippen molar-refractivity contribution in [2.45, 2.75) is 6.92 Å². The largest absolute Gasteiger partial charge is 0.464 e. The summed E-state index contributed by atoms with van der Waals surface area (Å²) in [5.74, 6) is 0.715. The van der Waals surface area contributed by atoms with E-state index in [9.17, 15) is 0 Å². The Hall–Kier alpha value is -1.19. The highest BCUT2D eigenvalue weighted by atomic mass is 35.5. The van der Waals surface area contributed by atoms with E-state index in [0.29, 0.717) is 34.1 Å². The van der Waals surface area contributed by atoms with Gasteiger partial charge >= 0.3 is 5.95 Å². The molecule has 0 bridgehead atoms. The molecule has 0 fully saturated rings. The Morgan fingerprint density at radius 3 is 2.62 bits per heavy atom. The number of rotatable bonds is 3. The van der Waals surface area contributed by atoms with Crippen molar-refractivity contribution in [1.82, 2.24) is 4.98 Å². The van der Waals surface area contributed by atoms with Gasteiger partial charge in [0.05, 0.1) is 22.2 Å². The lowest BCUT2D eigenvalue weighted by Gasteiger charge is -2.01. The molecule has 0 aliphatic carbocycles. The van der Waals surface area contributed by atoms with Crippen LogP contribution in [0.2, 0.25) is 10.0 Å². The molecule has 0 saturated heterocycles. The van der Waals surface area contributed by atoms with Crippen LogP contribution in [0.25, 0.3) is 11.5 Å². The van der Waals surface area contributed by atoms with Crippen LogP contribution in [0.4, 0.5) is 0 Å². The predicted octanol–water partition coefficient (Wildman–Crippen LogP) is 4.05. The number of halogens is 2. The molecule has 0 aliphatic rings. The number of hydrogen-bond donors (Lipinski definition) is 0. The lowest BCUT2D eigenvalue weighted by Crippen LogP contribution is -1.88. The zero-order valence-electron chi connectivity index (χ0n) is 8.54. The lowest BCUT2D eigenvalue weighted by molar-refractivity contribution is 0.260. The van der Waals surface area contributed by atoms with E-state index in [-0.39, 0.29) is 0 Å². The molecule has 5 heteroatoms. The molecule has 1 heterocycles. The molecular weight excluding hydrogens is 249 g/mol. The summed E-state index contributed by atoms with van der Waals surface area (Å²) in [6, 6.07) is 5.22. The molecule has 1 aromatic carbocycles. The van der Waals surface area contributed by atoms with Crippen molar-refractivity contribution < 1.29 is 9.15 Å². The third-order valence-corrected chi connectivity index (χ3v) is 2.58. The SMILES string of the molecule is CCOc1cnc(-c2c(Cl)cccc2Cl)o1. The summed E-state index contributed by atoms with van der Waals surface area (Å²) < 4.78 is 10.5. The molecule has 0 saturated carbocycles. The summed E-state index contributed by atoms with van der Waals surface area (Å²) in [6.07, 6.45) is 1.50. The molecule has 0 spiro atoms. The maximum atomic E-state index is 6.03. The van der Waals surface area contributed by atoms with Gasteiger partial charge < -0.3 is 9.15 Å². The third-order valence-electron chi connectivity index (χ3n) is 1.95. The zero-order valence-corrected chi connectivity index (χ0v) is 10.0. The minimum Gasteiger partial charge on any atom is -0.464 e. The van der Waals surface area contributed by atoms with Gasteiger partial charge in [-0.15, -0.1) is 0 Å². The summed E-state index contributed by atoms with van der Waals surface area (Å²) >= 11 is 12.1. The first kappa shape index (κ1) is 11.3. The second-order valence-corrected chi connectivity index (χ2v) is 3.83. The second kappa shape index (κ2) is 4.76. The Morgan fingerprint density at radius 1 is 1.31 bits per heavy atom. The van der Waals surface area contributed by atoms with E-state index < -0.39 is 0 Å². The first-order valence-corrected chi connectivity index (χ1v) is 5.51. The molecule has 0 aliphatic heterocycles. The molecule has 0 N–H and O–H groups in total. The molecule has 1 aromatic heterocycles. The van der Waals surface area contributed by atoms with Gasteiger partial charge in [-0.25, -0.2) is 4.98 Å². The molecule has 84 valence electrons. The Morgan fingerprint density at radius 2 is 2.00 bits per heavy atom. The van der Waals surface area contributed by atoms with Crippen molar-refractivity contribution in [3.05, 3.63) is 34.4 Å². The van der Waals surface area contributed by atoms with Crippen LogP contribution < -0.4 is 4.74 Å². The molecule has 2 rings (SSSR count). The zero-order chi connectivity index (χ0) is 11.5. The van der Waals surface area contributed by atoms with Gasteiger partial charge in [-0.2, -0.15) is 0 Å². The Labute approximate surface area is 103 Å². The standard InChI is InChI=1S/C11H9Cl2NO2/c1-2-15-9-6-14-11(16-9)10-7(12)4-3-5-8(10)13/h3-6H,2H2,1H3. The first-order chi connectivity index (χ1) is 7.72. The molecule has 0 amide bonds. The van der Waals surface area contributed by atoms with Gasteiger partial charge in [0.1, 0.15) is 6.20 Å². The van der Waals surface area contributed by atoms with Gasteiger partial charge in [-0.1, -0.05) is 29.3 Å². The smallest absolute Gasteiger partial charge is 0.305 e. The van der Waals surface area contributed by atoms with Crippen molar-refractivity contribution in [2.75, 3.05) is 6.61 Å². The van der Waals surface area contributed by atoms with Crippen LogP contribution in [-0.2, 0) is 0 Å². The van der Waals surface area contributed by atoms with Crippen LogP contribution in [0, 0.1) is 0 Å². The number of benzene rings is 1. The summed E-state index contributed by atoms with van der Waals surface area (Å²) in [4.78, 5) is 4.07. The fourth-order valence-corrected chi connectivity index (χ4v) is 1.85. The minimum absolute atomic E-state index is 0.355. The van der Waals surface area contributed by atoms with Crippen molar-refractivity contribution in [2.24, 2.45) is 0 Å². The minimum atomic E-state index is 0.355. The van der Waals surface area contributed by atoms with E-state index in [2.05, 4.69) is 4.98 Å². The molecule has 16 heavy (non-hydrogen) atoms. The molecule has 0 radical (unpaired) electrons. The normalized spacial score (nSPS) is 10.4. The number of oxazole rings is 1. The van der Waals surface area contributed by atoms with Crippen molar-refractivity contribution in [3.63, 3.8) is 0 Å². The highest BCUT2D eigenvalue weighted by Gasteiger charge is 2.14. The Bertz CT molecular complexity index is 476. The van der Waals surface area contributed by atoms with Crippen LogP contribution in [0.5, 0.6) is 5.95 Å². The highest BCUT2D eigenvalue weighted by molar-refractivity contribution is 6.38. The van der Waals surface area contributed by atoms with Gasteiger partial charge in [0.15, 0.2) is 0 Å². The van der Waals surface area contributed by atoms with Crippen molar-refractivity contribution in [1.29, 1.82) is 0 Å². The molecule has 0 atom stereocenters. The number of aromatic nitrogens is 1. The summed E-state index contributed by atoms with van der Waals surface area (Å²) in [6.45, 7) is 2.38. The number of nitrogens with zero attached hydrogens (tertiary/aromatic N) is 1. The van der Waals surface area contributed by atoms with E-state index in [1.807, 2.05) is 6.92 Å². The number of hydrogen-bond acceptors (Lipinski definition) is 3. The topological polar surface area (TPSA) is 35.3 Å². The molecule has 0 unspecified atom stereocenters. The summed E-state index contributed by atoms with van der Waals surface area (Å²) in [5, 5.41) is 0.995. The van der Waals surface area contributed by atoms with Crippen LogP contribution >= 0.6 is 23.2 Å². The second-order valence-electron chi connectivity index (χ2n) is 3.01. The van der Waals surface area contributed by atoms with Gasteiger partial charge in [0.2, 0.25) is 5.89 Å². The van der Waals surface area contributed by atoms with Gasteiger partial charge in [0, 0.05) is 0 Å². The fourth-order valence-electron chi connectivity index (χ4n) is 1.29. The van der Waals surface area contributed by atoms with Gasteiger partial charge in [-0.05, 0) is 19.1 Å². The van der Waals surface area contributed by atoms with E-state index >= 15 is 0 Å². The van der Waals surface area contributed by atoms with E-state index in [1.54, 1.807) is 18.2 Å². The highest BCUT2D eigenvalue weighted by Crippen LogP contribution is 2.35. The first-order valence-electron chi connectivity index (χ1n) is 4.75. The van der Waals surface area contributed by atoms with Crippen molar-refractivity contribution in [3.8, 4) is 17.4 Å². The van der Waals surface area contributed by atoms with Crippen LogP contribution in [0.1, 0.15) is 6.92 Å². The predicted molar refractivity (Wildman–Crippen MR) is 63.1 cm³/mol. The quantitative estimate of drug-likeness (QED) is 0.833. The Kier molecular flexibility index (Phi) is 3.36. The van der Waals surface area contributed by atoms with Crippen LogP contribution in [0.15, 0.2) is 28.8 Å². The average Bonchev–Trinajstić information content (AvgIpc) is 2.67. The van der Waals surface area contributed by atoms with E-state index in [1.165, 1.54) is 6.20 Å². The average molecular weight is 258 g/mol. The van der Waals surface area contributed by atoms with E-state index in [4.69, 9.17) is 32.4 Å². The molecular formula is C11H9Cl2NO2.